The fourth-order valence-electron chi connectivity index (χ4n) is 1.90. The lowest BCUT2D eigenvalue weighted by atomic mass is 10.1. The number of hydrogen-bond donors (Lipinski definition) is 1. The van der Waals surface area contributed by atoms with E-state index >= 15 is 0 Å². The first-order valence-corrected chi connectivity index (χ1v) is 5.29. The van der Waals surface area contributed by atoms with Crippen molar-refractivity contribution < 1.29 is 9.53 Å². The predicted octanol–water partition coefficient (Wildman–Crippen LogP) is 0.233. The van der Waals surface area contributed by atoms with Gasteiger partial charge < -0.3 is 10.1 Å². The van der Waals surface area contributed by atoms with Crippen molar-refractivity contribution in [3.05, 3.63) is 0 Å². The van der Waals surface area contributed by atoms with Crippen LogP contribution in [0.4, 0.5) is 0 Å². The van der Waals surface area contributed by atoms with Crippen LogP contribution in [0, 0.1) is 0 Å². The summed E-state index contributed by atoms with van der Waals surface area (Å²) in [5.74, 6) is -0.134. The lowest BCUT2D eigenvalue weighted by Gasteiger charge is -2.32. The minimum Gasteiger partial charge on any atom is -0.468 e. The summed E-state index contributed by atoms with van der Waals surface area (Å²) >= 11 is 0. The SMILES string of the molecule is CCN(CC(=O)OC)C1CCNCC1. The van der Waals surface area contributed by atoms with Gasteiger partial charge >= 0.3 is 5.97 Å². The van der Waals surface area contributed by atoms with Crippen LogP contribution in [0.3, 0.4) is 0 Å². The van der Waals surface area contributed by atoms with Gasteiger partial charge in [0.25, 0.3) is 0 Å². The largest absolute Gasteiger partial charge is 0.468 e. The third-order valence-corrected chi connectivity index (χ3v) is 2.79. The number of likely N-dealkylation sites (N-methyl/N-ethyl adjacent to an activating group) is 1. The molecule has 1 saturated heterocycles. The number of carbonyl (C=O) groups excluding carboxylic acids is 1. The summed E-state index contributed by atoms with van der Waals surface area (Å²) in [6.07, 6.45) is 2.26. The van der Waals surface area contributed by atoms with Gasteiger partial charge in [-0.3, -0.25) is 9.69 Å². The van der Waals surface area contributed by atoms with Crippen LogP contribution in [0.5, 0.6) is 0 Å². The van der Waals surface area contributed by atoms with Gasteiger partial charge in [0.15, 0.2) is 0 Å². The average Bonchev–Trinajstić information content (AvgIpc) is 2.26. The van der Waals surface area contributed by atoms with Gasteiger partial charge in [0.1, 0.15) is 0 Å². The number of esters is 1. The zero-order valence-corrected chi connectivity index (χ0v) is 9.08. The molecule has 1 aliphatic heterocycles. The highest BCUT2D eigenvalue weighted by molar-refractivity contribution is 5.71. The van der Waals surface area contributed by atoms with Crippen molar-refractivity contribution in [1.82, 2.24) is 10.2 Å². The molecule has 0 atom stereocenters. The number of ether oxygens (including phenoxy) is 1. The van der Waals surface area contributed by atoms with Crippen LogP contribution in [0.15, 0.2) is 0 Å². The first kappa shape index (κ1) is 11.5. The summed E-state index contributed by atoms with van der Waals surface area (Å²) in [6.45, 7) is 5.55. The Morgan fingerprint density at radius 3 is 2.64 bits per heavy atom. The Morgan fingerprint density at radius 1 is 1.50 bits per heavy atom. The van der Waals surface area contributed by atoms with Crippen molar-refractivity contribution in [1.29, 1.82) is 0 Å². The third kappa shape index (κ3) is 3.27. The van der Waals surface area contributed by atoms with Gasteiger partial charge in [-0.2, -0.15) is 0 Å². The van der Waals surface area contributed by atoms with Crippen molar-refractivity contribution in [3.8, 4) is 0 Å². The number of carbonyl (C=O) groups is 1. The second kappa shape index (κ2) is 5.98. The topological polar surface area (TPSA) is 41.6 Å². The Bertz CT molecular complexity index is 179. The van der Waals surface area contributed by atoms with Gasteiger partial charge in [-0.25, -0.2) is 0 Å². The summed E-state index contributed by atoms with van der Waals surface area (Å²) in [6, 6.07) is 0.542. The molecule has 82 valence electrons. The standard InChI is InChI=1S/C10H20N2O2/c1-3-12(8-10(13)14-2)9-4-6-11-7-5-9/h9,11H,3-8H2,1-2H3. The second-order valence-electron chi connectivity index (χ2n) is 3.62. The molecule has 14 heavy (non-hydrogen) atoms. The zero-order chi connectivity index (χ0) is 10.4. The first-order valence-electron chi connectivity index (χ1n) is 5.29. The predicted molar refractivity (Wildman–Crippen MR) is 55.2 cm³/mol. The molecule has 1 aliphatic rings. The van der Waals surface area contributed by atoms with E-state index in [0.29, 0.717) is 12.6 Å². The Balaban J connectivity index is 2.39. The van der Waals surface area contributed by atoms with E-state index in [-0.39, 0.29) is 5.97 Å². The van der Waals surface area contributed by atoms with Gasteiger partial charge in [-0.05, 0) is 32.5 Å². The zero-order valence-electron chi connectivity index (χ0n) is 9.08. The molecular formula is C10H20N2O2. The van der Waals surface area contributed by atoms with E-state index in [1.165, 1.54) is 7.11 Å². The monoisotopic (exact) mass is 200 g/mol. The Labute approximate surface area is 85.6 Å². The molecule has 0 aliphatic carbocycles. The fraction of sp³-hybridized carbons (Fsp3) is 0.900. The molecule has 0 radical (unpaired) electrons. The van der Waals surface area contributed by atoms with E-state index in [1.807, 2.05) is 0 Å². The highest BCUT2D eigenvalue weighted by Gasteiger charge is 2.21. The van der Waals surface area contributed by atoms with E-state index in [9.17, 15) is 4.79 Å². The molecule has 4 heteroatoms. The molecule has 1 rings (SSSR count). The van der Waals surface area contributed by atoms with Crippen LogP contribution in [0.2, 0.25) is 0 Å². The Kier molecular flexibility index (Phi) is 4.90. The third-order valence-electron chi connectivity index (χ3n) is 2.79. The smallest absolute Gasteiger partial charge is 0.319 e. The molecule has 1 fully saturated rings. The van der Waals surface area contributed by atoms with E-state index in [0.717, 1.165) is 32.5 Å². The number of piperidine rings is 1. The molecule has 0 saturated carbocycles. The first-order chi connectivity index (χ1) is 6.77. The molecule has 0 unspecified atom stereocenters. The Hall–Kier alpha value is -0.610. The highest BCUT2D eigenvalue weighted by Crippen LogP contribution is 2.11. The summed E-state index contributed by atoms with van der Waals surface area (Å²) < 4.78 is 4.68. The average molecular weight is 200 g/mol. The van der Waals surface area contributed by atoms with E-state index in [4.69, 9.17) is 0 Å². The van der Waals surface area contributed by atoms with Crippen LogP contribution < -0.4 is 5.32 Å². The lowest BCUT2D eigenvalue weighted by molar-refractivity contribution is -0.142. The van der Waals surface area contributed by atoms with Gasteiger partial charge in [0, 0.05) is 6.04 Å². The lowest BCUT2D eigenvalue weighted by Crippen LogP contribution is -2.45. The highest BCUT2D eigenvalue weighted by atomic mass is 16.5. The van der Waals surface area contributed by atoms with Gasteiger partial charge in [-0.15, -0.1) is 0 Å². The van der Waals surface area contributed by atoms with Crippen molar-refractivity contribution in [2.45, 2.75) is 25.8 Å². The van der Waals surface area contributed by atoms with Crippen molar-refractivity contribution in [2.75, 3.05) is 33.3 Å². The summed E-state index contributed by atoms with van der Waals surface area (Å²) in [5.41, 5.74) is 0. The maximum absolute atomic E-state index is 11.1. The van der Waals surface area contributed by atoms with E-state index in [2.05, 4.69) is 21.9 Å². The number of nitrogens with zero attached hydrogens (tertiary/aromatic N) is 1. The number of methoxy groups -OCH3 is 1. The molecule has 0 bridgehead atoms. The van der Waals surface area contributed by atoms with Crippen molar-refractivity contribution in [2.24, 2.45) is 0 Å². The van der Waals surface area contributed by atoms with Crippen LogP contribution >= 0.6 is 0 Å². The number of nitrogens with one attached hydrogen (secondary N) is 1. The van der Waals surface area contributed by atoms with Crippen molar-refractivity contribution >= 4 is 5.97 Å². The molecule has 0 amide bonds. The fourth-order valence-corrected chi connectivity index (χ4v) is 1.90. The Morgan fingerprint density at radius 2 is 2.14 bits per heavy atom. The van der Waals surface area contributed by atoms with Crippen LogP contribution in [0.25, 0.3) is 0 Å². The van der Waals surface area contributed by atoms with E-state index < -0.39 is 0 Å². The van der Waals surface area contributed by atoms with Crippen LogP contribution in [0.1, 0.15) is 19.8 Å². The molecule has 0 aromatic carbocycles. The molecule has 0 aromatic rings. The normalized spacial score (nSPS) is 18.5. The summed E-state index contributed by atoms with van der Waals surface area (Å²) in [4.78, 5) is 13.3. The van der Waals surface area contributed by atoms with Gasteiger partial charge in [0.2, 0.25) is 0 Å². The van der Waals surface area contributed by atoms with Gasteiger partial charge in [-0.1, -0.05) is 6.92 Å². The van der Waals surface area contributed by atoms with Crippen molar-refractivity contribution in [3.63, 3.8) is 0 Å². The minimum absolute atomic E-state index is 0.134. The molecule has 0 aromatic heterocycles. The molecule has 1 N–H and O–H groups in total. The maximum Gasteiger partial charge on any atom is 0.319 e. The molecule has 4 nitrogen and oxygen atoms in total. The second-order valence-corrected chi connectivity index (χ2v) is 3.62. The maximum atomic E-state index is 11.1. The number of rotatable bonds is 4. The quantitative estimate of drug-likeness (QED) is 0.660. The van der Waals surface area contributed by atoms with Gasteiger partial charge in [0.05, 0.1) is 13.7 Å². The summed E-state index contributed by atoms with van der Waals surface area (Å²) in [7, 11) is 1.44. The number of hydrogen-bond acceptors (Lipinski definition) is 4. The molecule has 0 spiro atoms. The van der Waals surface area contributed by atoms with Crippen LogP contribution in [-0.2, 0) is 9.53 Å². The van der Waals surface area contributed by atoms with E-state index in [1.54, 1.807) is 0 Å². The minimum atomic E-state index is -0.134. The van der Waals surface area contributed by atoms with Crippen LogP contribution in [-0.4, -0.2) is 50.2 Å². The molecular weight excluding hydrogens is 180 g/mol. The molecule has 1 heterocycles. The summed E-state index contributed by atoms with van der Waals surface area (Å²) in [5, 5.41) is 3.32.